The largest absolute Gasteiger partial charge is 0.453 e. The molecule has 22 heavy (non-hydrogen) atoms. The van der Waals surface area contributed by atoms with Crippen LogP contribution < -0.4 is 5.32 Å². The maximum absolute atomic E-state index is 11.7. The fourth-order valence-corrected chi connectivity index (χ4v) is 2.35. The highest BCUT2D eigenvalue weighted by Crippen LogP contribution is 2.15. The molecule has 0 fully saturated rings. The quantitative estimate of drug-likeness (QED) is 0.620. The van der Waals surface area contributed by atoms with Crippen molar-refractivity contribution in [2.75, 3.05) is 6.54 Å². The molecule has 1 atom stereocenters. The predicted molar refractivity (Wildman–Crippen MR) is 79.4 cm³/mol. The van der Waals surface area contributed by atoms with Gasteiger partial charge in [0, 0.05) is 13.0 Å². The Morgan fingerprint density at radius 3 is 2.95 bits per heavy atom. The van der Waals surface area contributed by atoms with Gasteiger partial charge < -0.3 is 14.6 Å². The Bertz CT molecular complexity index is 624. The standard InChI is InChI=1S/C14H17N3O4S/c1-9(14-16-10(2)17-21-14)20-12(18)6-3-7-15-13(19)11-5-4-8-22-11/h4-5,8-9H,3,6-7H2,1-2H3,(H,15,19). The summed E-state index contributed by atoms with van der Waals surface area (Å²) < 4.78 is 10.1. The van der Waals surface area contributed by atoms with Crippen LogP contribution in [0, 0.1) is 6.92 Å². The van der Waals surface area contributed by atoms with E-state index in [-0.39, 0.29) is 24.2 Å². The molecule has 118 valence electrons. The lowest BCUT2D eigenvalue weighted by Crippen LogP contribution is -2.24. The molecule has 7 nitrogen and oxygen atoms in total. The van der Waals surface area contributed by atoms with Crippen LogP contribution in [-0.4, -0.2) is 28.6 Å². The van der Waals surface area contributed by atoms with Crippen LogP contribution in [0.1, 0.15) is 47.3 Å². The average molecular weight is 323 g/mol. The highest BCUT2D eigenvalue weighted by Gasteiger charge is 2.17. The Balaban J connectivity index is 1.64. The van der Waals surface area contributed by atoms with E-state index in [9.17, 15) is 9.59 Å². The molecule has 0 aliphatic heterocycles. The first kappa shape index (κ1) is 16.2. The molecule has 0 aliphatic carbocycles. The number of ether oxygens (including phenoxy) is 1. The van der Waals surface area contributed by atoms with Crippen molar-refractivity contribution in [2.45, 2.75) is 32.8 Å². The minimum atomic E-state index is -0.575. The molecule has 0 bridgehead atoms. The van der Waals surface area contributed by atoms with E-state index in [0.717, 1.165) is 0 Å². The van der Waals surface area contributed by atoms with Gasteiger partial charge in [0.05, 0.1) is 4.88 Å². The van der Waals surface area contributed by atoms with Crippen LogP contribution in [0.5, 0.6) is 0 Å². The van der Waals surface area contributed by atoms with Gasteiger partial charge in [0.2, 0.25) is 0 Å². The number of hydrogen-bond acceptors (Lipinski definition) is 7. The summed E-state index contributed by atoms with van der Waals surface area (Å²) in [5.74, 6) is 0.276. The van der Waals surface area contributed by atoms with E-state index < -0.39 is 6.10 Å². The summed E-state index contributed by atoms with van der Waals surface area (Å²) in [6.07, 6.45) is 0.141. The first-order valence-electron chi connectivity index (χ1n) is 6.87. The summed E-state index contributed by atoms with van der Waals surface area (Å²) in [6, 6.07) is 3.57. The molecule has 0 radical (unpaired) electrons. The third-order valence-corrected chi connectivity index (χ3v) is 3.66. The Labute approximate surface area is 131 Å². The Morgan fingerprint density at radius 2 is 2.32 bits per heavy atom. The highest BCUT2D eigenvalue weighted by molar-refractivity contribution is 7.12. The number of carbonyl (C=O) groups is 2. The van der Waals surface area contributed by atoms with Crippen molar-refractivity contribution in [3.63, 3.8) is 0 Å². The van der Waals surface area contributed by atoms with Gasteiger partial charge in [-0.1, -0.05) is 11.2 Å². The number of nitrogens with one attached hydrogen (secondary N) is 1. The normalized spacial score (nSPS) is 11.9. The summed E-state index contributed by atoms with van der Waals surface area (Å²) in [7, 11) is 0. The highest BCUT2D eigenvalue weighted by atomic mass is 32.1. The van der Waals surface area contributed by atoms with E-state index in [2.05, 4.69) is 15.5 Å². The topological polar surface area (TPSA) is 94.3 Å². The minimum Gasteiger partial charge on any atom is -0.453 e. The van der Waals surface area contributed by atoms with Crippen LogP contribution in [0.25, 0.3) is 0 Å². The van der Waals surface area contributed by atoms with Crippen molar-refractivity contribution in [1.82, 2.24) is 15.5 Å². The van der Waals surface area contributed by atoms with Gasteiger partial charge >= 0.3 is 5.97 Å². The van der Waals surface area contributed by atoms with Crippen molar-refractivity contribution >= 4 is 23.2 Å². The van der Waals surface area contributed by atoms with Crippen LogP contribution in [-0.2, 0) is 9.53 Å². The second kappa shape index (κ2) is 7.69. The molecule has 0 aliphatic rings. The van der Waals surface area contributed by atoms with Crippen LogP contribution in [0.4, 0.5) is 0 Å². The molecule has 2 aromatic heterocycles. The monoisotopic (exact) mass is 323 g/mol. The summed E-state index contributed by atoms with van der Waals surface area (Å²) in [6.45, 7) is 3.78. The zero-order valence-corrected chi connectivity index (χ0v) is 13.2. The number of aromatic nitrogens is 2. The number of esters is 1. The van der Waals surface area contributed by atoms with E-state index in [1.165, 1.54) is 11.3 Å². The molecule has 2 rings (SSSR count). The van der Waals surface area contributed by atoms with E-state index >= 15 is 0 Å². The molecule has 0 aromatic carbocycles. The summed E-state index contributed by atoms with van der Waals surface area (Å²) in [5, 5.41) is 8.23. The first-order valence-corrected chi connectivity index (χ1v) is 7.75. The third kappa shape index (κ3) is 4.66. The summed E-state index contributed by atoms with van der Waals surface area (Å²) >= 11 is 1.38. The number of thiophene rings is 1. The zero-order chi connectivity index (χ0) is 15.9. The summed E-state index contributed by atoms with van der Waals surface area (Å²) in [5.41, 5.74) is 0. The van der Waals surface area contributed by atoms with Gasteiger partial charge in [0.15, 0.2) is 11.9 Å². The van der Waals surface area contributed by atoms with Crippen LogP contribution in [0.2, 0.25) is 0 Å². The van der Waals surface area contributed by atoms with Crippen LogP contribution >= 0.6 is 11.3 Å². The first-order chi connectivity index (χ1) is 10.6. The number of rotatable bonds is 7. The van der Waals surface area contributed by atoms with Gasteiger partial charge in [0.1, 0.15) is 0 Å². The van der Waals surface area contributed by atoms with Crippen LogP contribution in [0.3, 0.4) is 0 Å². The van der Waals surface area contributed by atoms with E-state index in [1.807, 2.05) is 11.4 Å². The van der Waals surface area contributed by atoms with Gasteiger partial charge in [-0.25, -0.2) is 0 Å². The third-order valence-electron chi connectivity index (χ3n) is 2.79. The molecule has 0 saturated heterocycles. The van der Waals surface area contributed by atoms with Crippen molar-refractivity contribution in [3.05, 3.63) is 34.1 Å². The lowest BCUT2D eigenvalue weighted by Gasteiger charge is -2.09. The second-order valence-electron chi connectivity index (χ2n) is 4.65. The molecule has 8 heteroatoms. The van der Waals surface area contributed by atoms with Gasteiger partial charge in [-0.05, 0) is 31.7 Å². The molecule has 1 N–H and O–H groups in total. The van der Waals surface area contributed by atoms with Crippen molar-refractivity contribution in [3.8, 4) is 0 Å². The van der Waals surface area contributed by atoms with Crippen molar-refractivity contribution < 1.29 is 18.8 Å². The zero-order valence-electron chi connectivity index (χ0n) is 12.4. The smallest absolute Gasteiger partial charge is 0.306 e. The lowest BCUT2D eigenvalue weighted by molar-refractivity contribution is -0.149. The number of amides is 1. The molecule has 0 saturated carbocycles. The van der Waals surface area contributed by atoms with E-state index in [4.69, 9.17) is 9.26 Å². The fraction of sp³-hybridized carbons (Fsp3) is 0.429. The van der Waals surface area contributed by atoms with E-state index in [1.54, 1.807) is 19.9 Å². The molecule has 0 spiro atoms. The van der Waals surface area contributed by atoms with Gasteiger partial charge in [-0.2, -0.15) is 4.98 Å². The second-order valence-corrected chi connectivity index (χ2v) is 5.60. The molecular weight excluding hydrogens is 306 g/mol. The molecule has 1 unspecified atom stereocenters. The Kier molecular flexibility index (Phi) is 5.65. The fourth-order valence-electron chi connectivity index (χ4n) is 1.71. The SMILES string of the molecule is Cc1noc(C(C)OC(=O)CCCNC(=O)c2cccs2)n1. The number of nitrogens with zero attached hydrogens (tertiary/aromatic N) is 2. The Morgan fingerprint density at radius 1 is 1.50 bits per heavy atom. The van der Waals surface area contributed by atoms with Crippen molar-refractivity contribution in [1.29, 1.82) is 0 Å². The average Bonchev–Trinajstić information content (AvgIpc) is 3.14. The maximum Gasteiger partial charge on any atom is 0.306 e. The Hall–Kier alpha value is -2.22. The van der Waals surface area contributed by atoms with E-state index in [0.29, 0.717) is 23.7 Å². The van der Waals surface area contributed by atoms with Gasteiger partial charge in [0.25, 0.3) is 11.8 Å². The minimum absolute atomic E-state index is 0.127. The predicted octanol–water partition coefficient (Wildman–Crippen LogP) is 2.25. The number of carbonyl (C=O) groups excluding carboxylic acids is 2. The number of aryl methyl sites for hydroxylation is 1. The lowest BCUT2D eigenvalue weighted by atomic mass is 10.3. The molecular formula is C14H17N3O4S. The number of hydrogen-bond donors (Lipinski definition) is 1. The van der Waals surface area contributed by atoms with Gasteiger partial charge in [-0.15, -0.1) is 11.3 Å². The van der Waals surface area contributed by atoms with Gasteiger partial charge in [-0.3, -0.25) is 9.59 Å². The van der Waals surface area contributed by atoms with Crippen molar-refractivity contribution in [2.24, 2.45) is 0 Å². The molecule has 2 aromatic rings. The maximum atomic E-state index is 11.7. The summed E-state index contributed by atoms with van der Waals surface area (Å²) in [4.78, 5) is 28.0. The molecule has 2 heterocycles. The molecule has 1 amide bonds. The van der Waals surface area contributed by atoms with Crippen LogP contribution in [0.15, 0.2) is 22.0 Å².